The van der Waals surface area contributed by atoms with E-state index in [1.807, 2.05) is 6.92 Å². The SMILES string of the molecule is CCc1ccc(Oc2c(-c3ccc(O)cc3O)nn(C)c2C(F)(F)F)cc1. The van der Waals surface area contributed by atoms with Crippen LogP contribution in [0.2, 0.25) is 0 Å². The van der Waals surface area contributed by atoms with Crippen molar-refractivity contribution in [1.82, 2.24) is 9.78 Å². The molecule has 0 radical (unpaired) electrons. The maximum absolute atomic E-state index is 13.6. The summed E-state index contributed by atoms with van der Waals surface area (Å²) in [6.07, 6.45) is -3.93. The number of ether oxygens (including phenoxy) is 1. The highest BCUT2D eigenvalue weighted by Crippen LogP contribution is 2.45. The molecule has 0 fully saturated rings. The van der Waals surface area contributed by atoms with Crippen LogP contribution in [0.1, 0.15) is 18.2 Å². The lowest BCUT2D eigenvalue weighted by Gasteiger charge is -2.12. The zero-order valence-electron chi connectivity index (χ0n) is 14.6. The first-order valence-corrected chi connectivity index (χ1v) is 8.14. The van der Waals surface area contributed by atoms with E-state index in [1.54, 1.807) is 24.3 Å². The van der Waals surface area contributed by atoms with Gasteiger partial charge in [0.25, 0.3) is 0 Å². The second-order valence-electron chi connectivity index (χ2n) is 5.95. The quantitative estimate of drug-likeness (QED) is 0.680. The highest BCUT2D eigenvalue weighted by molar-refractivity contribution is 5.74. The Kier molecular flexibility index (Phi) is 4.73. The Bertz CT molecular complexity index is 964. The second-order valence-corrected chi connectivity index (χ2v) is 5.95. The van der Waals surface area contributed by atoms with Crippen molar-refractivity contribution in [3.63, 3.8) is 0 Å². The number of rotatable bonds is 4. The molecule has 142 valence electrons. The van der Waals surface area contributed by atoms with Crippen molar-refractivity contribution < 1.29 is 28.1 Å². The third kappa shape index (κ3) is 3.69. The number of nitrogens with zero attached hydrogens (tertiary/aromatic N) is 2. The minimum absolute atomic E-state index is 0.0130. The third-order valence-electron chi connectivity index (χ3n) is 4.06. The van der Waals surface area contributed by atoms with Crippen molar-refractivity contribution in [2.45, 2.75) is 19.5 Å². The molecule has 0 bridgehead atoms. The standard InChI is InChI=1S/C19H17F3N2O3/c1-3-11-4-7-13(8-5-11)27-17-16(14-9-6-12(25)10-15(14)26)23-24(2)18(17)19(20,21)22/h4-10,25-26H,3H2,1-2H3. The molecule has 27 heavy (non-hydrogen) atoms. The van der Waals surface area contributed by atoms with Gasteiger partial charge in [-0.2, -0.15) is 18.3 Å². The van der Waals surface area contributed by atoms with Gasteiger partial charge in [0, 0.05) is 18.7 Å². The number of aromatic nitrogens is 2. The van der Waals surface area contributed by atoms with Gasteiger partial charge in [-0.25, -0.2) is 0 Å². The average Bonchev–Trinajstić information content (AvgIpc) is 2.91. The summed E-state index contributed by atoms with van der Waals surface area (Å²) in [6, 6.07) is 10.2. The first-order chi connectivity index (χ1) is 12.7. The van der Waals surface area contributed by atoms with Gasteiger partial charge in [-0.3, -0.25) is 4.68 Å². The fourth-order valence-corrected chi connectivity index (χ4v) is 2.72. The maximum Gasteiger partial charge on any atom is 0.436 e. The summed E-state index contributed by atoms with van der Waals surface area (Å²) >= 11 is 0. The lowest BCUT2D eigenvalue weighted by molar-refractivity contribution is -0.144. The molecule has 0 spiro atoms. The molecule has 3 rings (SSSR count). The van der Waals surface area contributed by atoms with Gasteiger partial charge >= 0.3 is 6.18 Å². The molecule has 1 aromatic heterocycles. The Morgan fingerprint density at radius 3 is 2.30 bits per heavy atom. The zero-order chi connectivity index (χ0) is 19.8. The molecule has 0 unspecified atom stereocenters. The predicted molar refractivity (Wildman–Crippen MR) is 92.9 cm³/mol. The van der Waals surface area contributed by atoms with Crippen molar-refractivity contribution >= 4 is 0 Å². The summed E-state index contributed by atoms with van der Waals surface area (Å²) in [7, 11) is 1.15. The molecule has 0 saturated heterocycles. The Morgan fingerprint density at radius 1 is 1.07 bits per heavy atom. The molecule has 0 atom stereocenters. The number of phenolic OH excluding ortho intramolecular Hbond substituents is 2. The Balaban J connectivity index is 2.16. The summed E-state index contributed by atoms with van der Waals surface area (Å²) in [5, 5.41) is 23.4. The third-order valence-corrected chi connectivity index (χ3v) is 4.06. The zero-order valence-corrected chi connectivity index (χ0v) is 14.6. The summed E-state index contributed by atoms with van der Waals surface area (Å²) < 4.78 is 47.0. The van der Waals surface area contributed by atoms with Crippen LogP contribution in [0.4, 0.5) is 13.2 Å². The van der Waals surface area contributed by atoms with Crippen LogP contribution in [0, 0.1) is 0 Å². The van der Waals surface area contributed by atoms with E-state index in [9.17, 15) is 23.4 Å². The van der Waals surface area contributed by atoms with Crippen molar-refractivity contribution in [3.8, 4) is 34.3 Å². The van der Waals surface area contributed by atoms with Gasteiger partial charge in [0.05, 0.1) is 0 Å². The average molecular weight is 378 g/mol. The number of hydrogen-bond donors (Lipinski definition) is 2. The van der Waals surface area contributed by atoms with Gasteiger partial charge in [0.1, 0.15) is 22.9 Å². The first kappa shape index (κ1) is 18.6. The number of aryl methyl sites for hydroxylation is 2. The van der Waals surface area contributed by atoms with E-state index in [0.29, 0.717) is 4.68 Å². The molecule has 0 amide bonds. The van der Waals surface area contributed by atoms with Crippen LogP contribution in [0.15, 0.2) is 42.5 Å². The predicted octanol–water partition coefficient (Wildman–Crippen LogP) is 4.87. The molecule has 8 heteroatoms. The number of phenols is 2. The van der Waals surface area contributed by atoms with Crippen LogP contribution in [0.3, 0.4) is 0 Å². The summed E-state index contributed by atoms with van der Waals surface area (Å²) in [5.41, 5.74) is -0.230. The first-order valence-electron chi connectivity index (χ1n) is 8.14. The van der Waals surface area contributed by atoms with Crippen LogP contribution >= 0.6 is 0 Å². The van der Waals surface area contributed by atoms with Crippen LogP contribution in [0.5, 0.6) is 23.0 Å². The number of halogens is 3. The minimum atomic E-state index is -4.72. The molecule has 0 saturated carbocycles. The van der Waals surface area contributed by atoms with E-state index < -0.39 is 23.4 Å². The van der Waals surface area contributed by atoms with Crippen molar-refractivity contribution in [1.29, 1.82) is 0 Å². The van der Waals surface area contributed by atoms with E-state index in [1.165, 1.54) is 12.1 Å². The van der Waals surface area contributed by atoms with Crippen LogP contribution in [-0.4, -0.2) is 20.0 Å². The highest BCUT2D eigenvalue weighted by atomic mass is 19.4. The molecule has 2 N–H and O–H groups in total. The number of alkyl halides is 3. The van der Waals surface area contributed by atoms with Gasteiger partial charge in [0.15, 0.2) is 11.4 Å². The van der Waals surface area contributed by atoms with Gasteiger partial charge in [-0.05, 0) is 36.2 Å². The molecule has 1 heterocycles. The Morgan fingerprint density at radius 2 is 1.74 bits per heavy atom. The molecule has 0 aliphatic carbocycles. The highest BCUT2D eigenvalue weighted by Gasteiger charge is 2.41. The van der Waals surface area contributed by atoms with Crippen LogP contribution < -0.4 is 4.74 Å². The molecule has 5 nitrogen and oxygen atoms in total. The van der Waals surface area contributed by atoms with Crippen molar-refractivity contribution in [2.24, 2.45) is 7.05 Å². The maximum atomic E-state index is 13.6. The van der Waals surface area contributed by atoms with E-state index in [0.717, 1.165) is 25.1 Å². The fraction of sp³-hybridized carbons (Fsp3) is 0.211. The van der Waals surface area contributed by atoms with E-state index in [4.69, 9.17) is 4.74 Å². The monoisotopic (exact) mass is 378 g/mol. The van der Waals surface area contributed by atoms with Crippen molar-refractivity contribution in [2.75, 3.05) is 0 Å². The lowest BCUT2D eigenvalue weighted by Crippen LogP contribution is -2.12. The number of benzene rings is 2. The smallest absolute Gasteiger partial charge is 0.436 e. The fourth-order valence-electron chi connectivity index (χ4n) is 2.72. The minimum Gasteiger partial charge on any atom is -0.508 e. The Labute approximate surface area is 153 Å². The topological polar surface area (TPSA) is 67.5 Å². The van der Waals surface area contributed by atoms with E-state index in [-0.39, 0.29) is 22.8 Å². The largest absolute Gasteiger partial charge is 0.508 e. The molecule has 2 aromatic carbocycles. The van der Waals surface area contributed by atoms with Gasteiger partial charge in [-0.1, -0.05) is 19.1 Å². The molecule has 0 aliphatic rings. The van der Waals surface area contributed by atoms with Crippen LogP contribution in [-0.2, 0) is 19.6 Å². The van der Waals surface area contributed by atoms with E-state index in [2.05, 4.69) is 5.10 Å². The molecular formula is C19H17F3N2O3. The second kappa shape index (κ2) is 6.86. The normalized spacial score (nSPS) is 11.6. The number of hydrogen-bond acceptors (Lipinski definition) is 4. The van der Waals surface area contributed by atoms with E-state index >= 15 is 0 Å². The van der Waals surface area contributed by atoms with Gasteiger partial charge < -0.3 is 14.9 Å². The molecular weight excluding hydrogens is 361 g/mol. The lowest BCUT2D eigenvalue weighted by atomic mass is 10.1. The van der Waals surface area contributed by atoms with Gasteiger partial charge in [0.2, 0.25) is 0 Å². The summed E-state index contributed by atoms with van der Waals surface area (Å²) in [5.74, 6) is -0.936. The summed E-state index contributed by atoms with van der Waals surface area (Å²) in [4.78, 5) is 0. The molecule has 3 aromatic rings. The summed E-state index contributed by atoms with van der Waals surface area (Å²) in [6.45, 7) is 1.96. The van der Waals surface area contributed by atoms with Gasteiger partial charge in [-0.15, -0.1) is 0 Å². The number of aromatic hydroxyl groups is 2. The van der Waals surface area contributed by atoms with Crippen LogP contribution in [0.25, 0.3) is 11.3 Å². The van der Waals surface area contributed by atoms with Crippen molar-refractivity contribution in [3.05, 3.63) is 53.7 Å². The molecule has 0 aliphatic heterocycles. The Hall–Kier alpha value is -3.16.